The minimum Gasteiger partial charge on any atom is -0.508 e. The minimum atomic E-state index is 0.0946. The Balaban J connectivity index is 1.29. The van der Waals surface area contributed by atoms with E-state index < -0.39 is 0 Å². The molecule has 2 saturated heterocycles. The summed E-state index contributed by atoms with van der Waals surface area (Å²) in [4.78, 5) is 0. The number of phenols is 2. The third-order valence-corrected chi connectivity index (χ3v) is 9.58. The summed E-state index contributed by atoms with van der Waals surface area (Å²) in [6.45, 7) is 0. The molecule has 4 atom stereocenters. The Bertz CT molecular complexity index is 1090. The molecule has 4 heteroatoms. The van der Waals surface area contributed by atoms with Crippen LogP contribution in [0.3, 0.4) is 0 Å². The van der Waals surface area contributed by atoms with Crippen LogP contribution in [0.4, 0.5) is 0 Å². The SMILES string of the molecule is Oc1ccc(-c2ccc(C34C=CC5(c6ccc(O)cc6)SC5C3S4)cc2)cc1. The quantitative estimate of drug-likeness (QED) is 0.438. The summed E-state index contributed by atoms with van der Waals surface area (Å²) in [5.41, 5.74) is 4.94. The van der Waals surface area contributed by atoms with E-state index in [0.29, 0.717) is 22.0 Å². The van der Waals surface area contributed by atoms with Gasteiger partial charge in [0.15, 0.2) is 0 Å². The van der Waals surface area contributed by atoms with Crippen LogP contribution >= 0.6 is 23.5 Å². The highest BCUT2D eigenvalue weighted by Crippen LogP contribution is 2.80. The molecule has 2 heterocycles. The van der Waals surface area contributed by atoms with Gasteiger partial charge in [0, 0.05) is 10.5 Å². The maximum atomic E-state index is 9.58. The third kappa shape index (κ3) is 2.31. The van der Waals surface area contributed by atoms with E-state index in [1.54, 1.807) is 24.3 Å². The number of benzene rings is 3. The fourth-order valence-corrected chi connectivity index (χ4v) is 7.82. The summed E-state index contributed by atoms with van der Waals surface area (Å²) in [7, 11) is 0. The Kier molecular flexibility index (Phi) is 3.34. The first kappa shape index (κ1) is 16.6. The van der Waals surface area contributed by atoms with Crippen molar-refractivity contribution in [2.75, 3.05) is 0 Å². The largest absolute Gasteiger partial charge is 0.508 e. The molecule has 0 bridgehead atoms. The van der Waals surface area contributed by atoms with E-state index in [0.717, 1.165) is 5.56 Å². The van der Waals surface area contributed by atoms with Gasteiger partial charge < -0.3 is 10.2 Å². The van der Waals surface area contributed by atoms with Crippen molar-refractivity contribution in [2.24, 2.45) is 0 Å². The standard InChI is InChI=1S/C24H18O2S2/c25-19-9-3-16(4-10-19)15-1-5-17(6-2-15)23-13-14-24(22(28-24)21(23)27-23)18-7-11-20(26)12-8-18/h1-14,21-22,25-26H. The Morgan fingerprint density at radius 2 is 0.893 bits per heavy atom. The van der Waals surface area contributed by atoms with Crippen molar-refractivity contribution in [1.82, 2.24) is 0 Å². The number of phenolic OH excluding ortho intramolecular Hbond substituents is 2. The van der Waals surface area contributed by atoms with Crippen LogP contribution in [-0.2, 0) is 9.49 Å². The van der Waals surface area contributed by atoms with Crippen LogP contribution < -0.4 is 0 Å². The second kappa shape index (κ2) is 5.62. The molecule has 6 rings (SSSR count). The molecule has 0 aromatic heterocycles. The van der Waals surface area contributed by atoms with E-state index in [2.05, 4.69) is 60.3 Å². The first-order valence-electron chi connectivity index (χ1n) is 9.36. The smallest absolute Gasteiger partial charge is 0.115 e. The lowest BCUT2D eigenvalue weighted by Gasteiger charge is -2.20. The molecular weight excluding hydrogens is 384 g/mol. The summed E-state index contributed by atoms with van der Waals surface area (Å²) in [6, 6.07) is 23.9. The lowest BCUT2D eigenvalue weighted by atomic mass is 9.81. The molecule has 3 aromatic carbocycles. The zero-order chi connectivity index (χ0) is 18.9. The third-order valence-electron chi connectivity index (χ3n) is 6.08. The van der Waals surface area contributed by atoms with Crippen LogP contribution in [-0.4, -0.2) is 20.7 Å². The van der Waals surface area contributed by atoms with Gasteiger partial charge >= 0.3 is 0 Å². The summed E-state index contributed by atoms with van der Waals surface area (Å²) >= 11 is 4.10. The Morgan fingerprint density at radius 1 is 0.536 bits per heavy atom. The monoisotopic (exact) mass is 402 g/mol. The fourth-order valence-electron chi connectivity index (χ4n) is 4.40. The van der Waals surface area contributed by atoms with Crippen LogP contribution in [0.2, 0.25) is 0 Å². The van der Waals surface area contributed by atoms with Crippen molar-refractivity contribution >= 4 is 23.5 Å². The molecule has 3 aliphatic rings. The average Bonchev–Trinajstić information content (AvgIpc) is 3.61. The van der Waals surface area contributed by atoms with Crippen LogP contribution in [0.1, 0.15) is 11.1 Å². The molecule has 0 amide bonds. The van der Waals surface area contributed by atoms with Crippen LogP contribution in [0, 0.1) is 0 Å². The lowest BCUT2D eigenvalue weighted by Crippen LogP contribution is -2.24. The number of thioether (sulfide) groups is 2. The van der Waals surface area contributed by atoms with E-state index in [4.69, 9.17) is 0 Å². The van der Waals surface area contributed by atoms with Gasteiger partial charge in [0.25, 0.3) is 0 Å². The predicted molar refractivity (Wildman–Crippen MR) is 117 cm³/mol. The first-order chi connectivity index (χ1) is 13.6. The highest BCUT2D eigenvalue weighted by Gasteiger charge is 2.73. The maximum Gasteiger partial charge on any atom is 0.115 e. The Labute approximate surface area is 172 Å². The molecular formula is C24H18O2S2. The molecule has 0 saturated carbocycles. The predicted octanol–water partition coefficient (Wildman–Crippen LogP) is 5.66. The zero-order valence-electron chi connectivity index (χ0n) is 14.9. The van der Waals surface area contributed by atoms with Crippen molar-refractivity contribution in [2.45, 2.75) is 20.0 Å². The Hall–Kier alpha value is -2.30. The van der Waals surface area contributed by atoms with Crippen LogP contribution in [0.25, 0.3) is 11.1 Å². The van der Waals surface area contributed by atoms with Crippen LogP contribution in [0.15, 0.2) is 84.9 Å². The van der Waals surface area contributed by atoms with Crippen molar-refractivity contribution in [1.29, 1.82) is 0 Å². The van der Waals surface area contributed by atoms with Crippen molar-refractivity contribution in [3.8, 4) is 22.6 Å². The highest BCUT2D eigenvalue weighted by atomic mass is 32.2. The van der Waals surface area contributed by atoms with E-state index in [1.165, 1.54) is 16.7 Å². The van der Waals surface area contributed by atoms with Gasteiger partial charge in [-0.05, 0) is 46.5 Å². The van der Waals surface area contributed by atoms with E-state index in [-0.39, 0.29) is 9.49 Å². The zero-order valence-corrected chi connectivity index (χ0v) is 16.6. The van der Waals surface area contributed by atoms with Gasteiger partial charge in [0.2, 0.25) is 0 Å². The van der Waals surface area contributed by atoms with Gasteiger partial charge in [0.1, 0.15) is 11.5 Å². The van der Waals surface area contributed by atoms with Crippen molar-refractivity contribution < 1.29 is 10.2 Å². The normalized spacial score (nSPS) is 31.7. The summed E-state index contributed by atoms with van der Waals surface area (Å²) in [5, 5.41) is 20.3. The van der Waals surface area contributed by atoms with Crippen LogP contribution in [0.5, 0.6) is 11.5 Å². The van der Waals surface area contributed by atoms with E-state index in [9.17, 15) is 10.2 Å². The van der Waals surface area contributed by atoms with Gasteiger partial charge in [0.05, 0.1) is 9.49 Å². The molecule has 1 aliphatic carbocycles. The van der Waals surface area contributed by atoms with Gasteiger partial charge in [-0.1, -0.05) is 60.7 Å². The number of hydrogen-bond acceptors (Lipinski definition) is 4. The lowest BCUT2D eigenvalue weighted by molar-refractivity contribution is 0.474. The topological polar surface area (TPSA) is 40.5 Å². The number of aromatic hydroxyl groups is 2. The van der Waals surface area contributed by atoms with Crippen molar-refractivity contribution in [3.63, 3.8) is 0 Å². The van der Waals surface area contributed by atoms with Gasteiger partial charge in [-0.25, -0.2) is 0 Å². The molecule has 3 aromatic rings. The number of hydrogen-bond donors (Lipinski definition) is 2. The summed E-state index contributed by atoms with van der Waals surface area (Å²) in [6.07, 6.45) is 4.79. The minimum absolute atomic E-state index is 0.0946. The van der Waals surface area contributed by atoms with Gasteiger partial charge in [-0.3, -0.25) is 0 Å². The number of rotatable bonds is 3. The molecule has 2 N–H and O–H groups in total. The van der Waals surface area contributed by atoms with Crippen molar-refractivity contribution in [3.05, 3.63) is 96.1 Å². The summed E-state index contributed by atoms with van der Waals surface area (Å²) < 4.78 is 0.208. The molecule has 2 aliphatic heterocycles. The molecule has 28 heavy (non-hydrogen) atoms. The second-order valence-corrected chi connectivity index (χ2v) is 10.5. The molecule has 2 fully saturated rings. The van der Waals surface area contributed by atoms with Gasteiger partial charge in [-0.15, -0.1) is 23.5 Å². The fraction of sp³-hybridized carbons (Fsp3) is 0.167. The molecule has 2 nitrogen and oxygen atoms in total. The molecule has 0 radical (unpaired) electrons. The Morgan fingerprint density at radius 3 is 1.36 bits per heavy atom. The van der Waals surface area contributed by atoms with Gasteiger partial charge in [-0.2, -0.15) is 0 Å². The van der Waals surface area contributed by atoms with E-state index in [1.807, 2.05) is 23.9 Å². The number of fused-ring (bicyclic) bond motifs is 3. The highest BCUT2D eigenvalue weighted by molar-refractivity contribution is 8.13. The first-order valence-corrected chi connectivity index (χ1v) is 11.1. The van der Waals surface area contributed by atoms with E-state index >= 15 is 0 Å². The molecule has 138 valence electrons. The average molecular weight is 403 g/mol. The summed E-state index contributed by atoms with van der Waals surface area (Å²) in [5.74, 6) is 0.619. The molecule has 4 unspecified atom stereocenters. The molecule has 0 spiro atoms. The second-order valence-electron chi connectivity index (χ2n) is 7.67. The maximum absolute atomic E-state index is 9.58.